The minimum atomic E-state index is -0.0953. The van der Waals surface area contributed by atoms with Crippen molar-refractivity contribution >= 4 is 21.4 Å². The minimum absolute atomic E-state index is 0.0953. The normalized spacial score (nSPS) is 18.4. The van der Waals surface area contributed by atoms with Crippen molar-refractivity contribution in [3.8, 4) is 0 Å². The van der Waals surface area contributed by atoms with E-state index in [-0.39, 0.29) is 10.9 Å². The second-order valence-electron chi connectivity index (χ2n) is 7.34. The molecule has 2 atom stereocenters. The van der Waals surface area contributed by atoms with E-state index in [1.807, 2.05) is 0 Å². The highest BCUT2D eigenvalue weighted by molar-refractivity contribution is 8.06. The first-order valence-electron chi connectivity index (χ1n) is 10.3. The zero-order chi connectivity index (χ0) is 20.2. The van der Waals surface area contributed by atoms with E-state index < -0.39 is 0 Å². The Bertz CT molecular complexity index is 1160. The molecule has 1 heteroatoms. The van der Waals surface area contributed by atoms with Crippen molar-refractivity contribution in [1.29, 1.82) is 0 Å². The molecule has 0 aliphatic carbocycles. The van der Waals surface area contributed by atoms with E-state index in [2.05, 4.69) is 133 Å². The Balaban J connectivity index is 1.74. The molecule has 1 aliphatic heterocycles. The molecule has 0 saturated carbocycles. The van der Waals surface area contributed by atoms with Gasteiger partial charge in [-0.15, -0.1) is 0 Å². The van der Waals surface area contributed by atoms with Gasteiger partial charge in [-0.2, -0.15) is 0 Å². The number of hydrogen-bond acceptors (Lipinski definition) is 0. The largest absolute Gasteiger partial charge is 0.173 e. The summed E-state index contributed by atoms with van der Waals surface area (Å²) in [5, 5.41) is 0.295. The summed E-state index contributed by atoms with van der Waals surface area (Å²) in [5.41, 5.74) is 5.22. The van der Waals surface area contributed by atoms with Gasteiger partial charge in [-0.05, 0) is 41.5 Å². The van der Waals surface area contributed by atoms with E-state index in [9.17, 15) is 0 Å². The fourth-order valence-corrected chi connectivity index (χ4v) is 6.59. The highest BCUT2D eigenvalue weighted by atomic mass is 32.2. The van der Waals surface area contributed by atoms with E-state index in [1.165, 1.54) is 32.1 Å². The van der Waals surface area contributed by atoms with E-state index in [0.29, 0.717) is 5.25 Å². The van der Waals surface area contributed by atoms with Crippen LogP contribution in [0, 0.1) is 0 Å². The summed E-state index contributed by atoms with van der Waals surface area (Å²) in [6.07, 6.45) is 4.87. The van der Waals surface area contributed by atoms with Crippen LogP contribution in [-0.2, 0) is 10.9 Å². The van der Waals surface area contributed by atoms with Gasteiger partial charge in [0.2, 0.25) is 0 Å². The molecule has 0 radical (unpaired) electrons. The van der Waals surface area contributed by atoms with Gasteiger partial charge in [0.05, 0.1) is 10.9 Å². The topological polar surface area (TPSA) is 0 Å². The Kier molecular flexibility index (Phi) is 5.37. The van der Waals surface area contributed by atoms with Gasteiger partial charge < -0.3 is 0 Å². The number of hydrogen-bond donors (Lipinski definition) is 0. The standard InChI is InChI=1S/C29H23S/c1-5-13-23(14-6-1)26-21-28(24-15-7-2-8-16-24)30(27-19-11-4-12-20-27)29(22-26)25-17-9-3-10-18-25/h1-22,28H/q+1. The summed E-state index contributed by atoms with van der Waals surface area (Å²) in [7, 11) is -0.0953. The van der Waals surface area contributed by atoms with Gasteiger partial charge in [0.15, 0.2) is 15.1 Å². The van der Waals surface area contributed by atoms with E-state index in [1.54, 1.807) is 0 Å². The number of rotatable bonds is 4. The summed E-state index contributed by atoms with van der Waals surface area (Å²) < 4.78 is 0. The second-order valence-corrected chi connectivity index (χ2v) is 9.44. The lowest BCUT2D eigenvalue weighted by atomic mass is 10.0. The Morgan fingerprint density at radius 2 is 1.00 bits per heavy atom. The second kappa shape index (κ2) is 8.61. The molecule has 5 rings (SSSR count). The lowest BCUT2D eigenvalue weighted by Crippen LogP contribution is -2.18. The summed E-state index contributed by atoms with van der Waals surface area (Å²) in [5.74, 6) is 0. The number of allylic oxidation sites excluding steroid dienone is 2. The highest BCUT2D eigenvalue weighted by Crippen LogP contribution is 2.46. The monoisotopic (exact) mass is 403 g/mol. The van der Waals surface area contributed by atoms with Crippen LogP contribution in [0.15, 0.2) is 138 Å². The lowest BCUT2D eigenvalue weighted by Gasteiger charge is -2.24. The number of benzene rings is 4. The Morgan fingerprint density at radius 1 is 0.500 bits per heavy atom. The fourth-order valence-electron chi connectivity index (χ4n) is 3.96. The molecule has 1 aliphatic rings. The Hall–Kier alpha value is -3.29. The molecule has 0 fully saturated rings. The van der Waals surface area contributed by atoms with Crippen molar-refractivity contribution in [2.45, 2.75) is 10.1 Å². The molecule has 0 spiro atoms. The molecular formula is C29H23S+. The molecule has 1 heterocycles. The summed E-state index contributed by atoms with van der Waals surface area (Å²) >= 11 is 0. The molecule has 30 heavy (non-hydrogen) atoms. The molecule has 0 saturated heterocycles. The van der Waals surface area contributed by atoms with Crippen LogP contribution in [0.25, 0.3) is 10.5 Å². The van der Waals surface area contributed by atoms with Gasteiger partial charge in [-0.3, -0.25) is 0 Å². The highest BCUT2D eigenvalue weighted by Gasteiger charge is 2.41. The van der Waals surface area contributed by atoms with Crippen molar-refractivity contribution in [2.75, 3.05) is 0 Å². The van der Waals surface area contributed by atoms with Crippen LogP contribution in [0.1, 0.15) is 21.9 Å². The van der Waals surface area contributed by atoms with Crippen LogP contribution in [-0.4, -0.2) is 0 Å². The third kappa shape index (κ3) is 3.77. The molecule has 0 amide bonds. The first kappa shape index (κ1) is 18.7. The average Bonchev–Trinajstić information content (AvgIpc) is 2.85. The van der Waals surface area contributed by atoms with E-state index >= 15 is 0 Å². The predicted octanol–water partition coefficient (Wildman–Crippen LogP) is 7.54. The molecule has 144 valence electrons. The van der Waals surface area contributed by atoms with Crippen LogP contribution in [0.2, 0.25) is 0 Å². The lowest BCUT2D eigenvalue weighted by molar-refractivity contribution is 1.20. The third-order valence-electron chi connectivity index (χ3n) is 5.40. The van der Waals surface area contributed by atoms with E-state index in [0.717, 1.165) is 0 Å². The molecule has 0 N–H and O–H groups in total. The van der Waals surface area contributed by atoms with Crippen LogP contribution >= 0.6 is 0 Å². The Morgan fingerprint density at radius 3 is 1.60 bits per heavy atom. The molecular weight excluding hydrogens is 380 g/mol. The maximum atomic E-state index is 2.47. The fraction of sp³-hybridized carbons (Fsp3) is 0.0345. The average molecular weight is 404 g/mol. The van der Waals surface area contributed by atoms with Gasteiger partial charge in [-0.1, -0.05) is 97.1 Å². The smallest absolute Gasteiger partial charge is 0.0622 e. The van der Waals surface area contributed by atoms with Crippen LogP contribution in [0.4, 0.5) is 0 Å². The molecule has 2 unspecified atom stereocenters. The van der Waals surface area contributed by atoms with Gasteiger partial charge in [-0.25, -0.2) is 0 Å². The molecule has 4 aromatic carbocycles. The first-order chi connectivity index (χ1) is 14.9. The van der Waals surface area contributed by atoms with Crippen LogP contribution in [0.3, 0.4) is 0 Å². The van der Waals surface area contributed by atoms with Crippen molar-refractivity contribution in [2.24, 2.45) is 0 Å². The quantitative estimate of drug-likeness (QED) is 0.309. The minimum Gasteiger partial charge on any atom is -0.0622 e. The molecule has 0 nitrogen and oxygen atoms in total. The summed E-state index contributed by atoms with van der Waals surface area (Å²) in [6, 6.07) is 43.5. The Labute approximate surface area is 181 Å². The summed E-state index contributed by atoms with van der Waals surface area (Å²) in [6.45, 7) is 0. The third-order valence-corrected chi connectivity index (χ3v) is 7.92. The zero-order valence-electron chi connectivity index (χ0n) is 16.7. The van der Waals surface area contributed by atoms with Gasteiger partial charge in [0, 0.05) is 17.2 Å². The maximum absolute atomic E-state index is 2.47. The van der Waals surface area contributed by atoms with Gasteiger partial charge >= 0.3 is 0 Å². The predicted molar refractivity (Wildman–Crippen MR) is 130 cm³/mol. The van der Waals surface area contributed by atoms with Crippen molar-refractivity contribution in [3.63, 3.8) is 0 Å². The van der Waals surface area contributed by atoms with Gasteiger partial charge in [0.25, 0.3) is 0 Å². The molecule has 4 aromatic rings. The van der Waals surface area contributed by atoms with Crippen molar-refractivity contribution < 1.29 is 0 Å². The molecule has 0 aromatic heterocycles. The summed E-state index contributed by atoms with van der Waals surface area (Å²) in [4.78, 5) is 2.78. The zero-order valence-corrected chi connectivity index (χ0v) is 17.5. The van der Waals surface area contributed by atoms with E-state index in [4.69, 9.17) is 0 Å². The van der Waals surface area contributed by atoms with Crippen LogP contribution in [0.5, 0.6) is 0 Å². The van der Waals surface area contributed by atoms with Crippen molar-refractivity contribution in [3.05, 3.63) is 150 Å². The van der Waals surface area contributed by atoms with Crippen molar-refractivity contribution in [1.82, 2.24) is 0 Å². The SMILES string of the molecule is C1=C(c2ccccc2)C=C(c2ccccc2)[S+](c2ccccc2)C1c1ccccc1. The first-order valence-corrected chi connectivity index (χ1v) is 11.6. The molecule has 0 bridgehead atoms. The maximum Gasteiger partial charge on any atom is 0.173 e. The van der Waals surface area contributed by atoms with Crippen LogP contribution < -0.4 is 0 Å². The van der Waals surface area contributed by atoms with Gasteiger partial charge in [0.1, 0.15) is 0 Å².